The maximum atomic E-state index is 5.08. The average molecular weight is 425 g/mol. The van der Waals surface area contributed by atoms with Crippen molar-refractivity contribution in [2.45, 2.75) is 92.9 Å². The fourth-order valence-electron chi connectivity index (χ4n) is 4.00. The predicted octanol–water partition coefficient (Wildman–Crippen LogP) is 6.89. The number of aliphatic imine (C=N–C) groups is 1. The first-order chi connectivity index (χ1) is 14.5. The molecule has 0 saturated heterocycles. The van der Waals surface area contributed by atoms with Crippen LogP contribution >= 0.6 is 0 Å². The topological polar surface area (TPSA) is 26.5 Å². The first-order valence-corrected chi connectivity index (χ1v) is 11.7. The van der Waals surface area contributed by atoms with Crippen LogP contribution in [0.5, 0.6) is 0 Å². The number of benzene rings is 2. The molecule has 0 saturated carbocycles. The normalized spacial score (nSPS) is 12.7. The van der Waals surface area contributed by atoms with Crippen LogP contribution < -0.4 is 18.9 Å². The Balaban J connectivity index is 0.00000512. The van der Waals surface area contributed by atoms with Crippen molar-refractivity contribution in [1.82, 2.24) is 0 Å². The van der Waals surface area contributed by atoms with Crippen molar-refractivity contribution < 1.29 is 18.9 Å². The van der Waals surface area contributed by atoms with E-state index in [2.05, 4.69) is 112 Å². The molecule has 0 unspecified atom stereocenters. The zero-order valence-corrected chi connectivity index (χ0v) is 22.2. The quantitative estimate of drug-likeness (QED) is 0.326. The van der Waals surface area contributed by atoms with Crippen LogP contribution in [0.15, 0.2) is 53.2 Å². The van der Waals surface area contributed by atoms with Crippen molar-refractivity contribution in [3.8, 4) is 0 Å². The van der Waals surface area contributed by atoms with E-state index in [4.69, 9.17) is 10.3 Å². The zero-order chi connectivity index (χ0) is 23.3. The third-order valence-electron chi connectivity index (χ3n) is 5.68. The van der Waals surface area contributed by atoms with Crippen LogP contribution in [0.1, 0.15) is 115 Å². The van der Waals surface area contributed by atoms with Crippen molar-refractivity contribution in [2.75, 3.05) is 0 Å². The molecule has 2 aromatic rings. The molecule has 32 heavy (non-hydrogen) atoms. The molecule has 0 spiro atoms. The SMILES string of the molecule is CC(/C=C(/C)[N-]c1c(C(C)C)cccc1C(C)C)=Nc1c(C(C)C)cccc1C(C)C.[Li+]. The summed E-state index contributed by atoms with van der Waals surface area (Å²) in [5.74, 6) is 1.75. The van der Waals surface area contributed by atoms with Gasteiger partial charge in [-0.05, 0) is 41.7 Å². The minimum Gasteiger partial charge on any atom is -0.661 e. The molecule has 0 amide bonds. The monoisotopic (exact) mass is 424 g/mol. The Morgan fingerprint density at radius 2 is 1.06 bits per heavy atom. The predicted molar refractivity (Wildman–Crippen MR) is 139 cm³/mol. The van der Waals surface area contributed by atoms with Crippen molar-refractivity contribution >= 4 is 17.1 Å². The summed E-state index contributed by atoms with van der Waals surface area (Å²) in [7, 11) is 0. The molecule has 0 fully saturated rings. The van der Waals surface area contributed by atoms with Gasteiger partial charge in [-0.15, -0.1) is 5.69 Å². The molecule has 2 aromatic carbocycles. The Morgan fingerprint density at radius 1 is 0.688 bits per heavy atom. The Labute approximate surface area is 209 Å². The molecule has 0 atom stereocenters. The Kier molecular flexibility index (Phi) is 11.0. The number of nitrogens with zero attached hydrogens (tertiary/aromatic N) is 2. The minimum absolute atomic E-state index is 0. The van der Waals surface area contributed by atoms with Crippen LogP contribution in [-0.2, 0) is 0 Å². The van der Waals surface area contributed by atoms with E-state index in [0.29, 0.717) is 23.7 Å². The van der Waals surface area contributed by atoms with Crippen molar-refractivity contribution in [1.29, 1.82) is 0 Å². The summed E-state index contributed by atoms with van der Waals surface area (Å²) in [6, 6.07) is 13.1. The summed E-state index contributed by atoms with van der Waals surface area (Å²) in [5.41, 5.74) is 9.45. The van der Waals surface area contributed by atoms with Crippen molar-refractivity contribution in [3.05, 3.63) is 75.7 Å². The Bertz CT molecular complexity index is 897. The van der Waals surface area contributed by atoms with Gasteiger partial charge in [-0.2, -0.15) is 5.70 Å². The van der Waals surface area contributed by atoms with Gasteiger partial charge in [0, 0.05) is 5.71 Å². The maximum absolute atomic E-state index is 5.08. The third-order valence-corrected chi connectivity index (χ3v) is 5.68. The average Bonchev–Trinajstić information content (AvgIpc) is 2.67. The molecule has 0 bridgehead atoms. The second-order valence-corrected chi connectivity index (χ2v) is 9.84. The summed E-state index contributed by atoms with van der Waals surface area (Å²) in [5, 5.41) is 5.08. The second-order valence-electron chi connectivity index (χ2n) is 9.84. The number of rotatable bonds is 8. The number of para-hydroxylation sites is 2. The molecule has 2 rings (SSSR count). The van der Waals surface area contributed by atoms with Gasteiger partial charge in [0.1, 0.15) is 0 Å². The largest absolute Gasteiger partial charge is 1.00 e. The van der Waals surface area contributed by atoms with Gasteiger partial charge in [0.15, 0.2) is 0 Å². The number of hydrogen-bond acceptors (Lipinski definition) is 1. The van der Waals surface area contributed by atoms with E-state index in [9.17, 15) is 0 Å². The van der Waals surface area contributed by atoms with Crippen LogP contribution in [-0.4, -0.2) is 5.71 Å². The molecule has 3 heteroatoms. The minimum atomic E-state index is 0. The first-order valence-electron chi connectivity index (χ1n) is 11.7. The van der Waals surface area contributed by atoms with Gasteiger partial charge in [-0.25, -0.2) is 0 Å². The Morgan fingerprint density at radius 3 is 1.44 bits per heavy atom. The van der Waals surface area contributed by atoms with Gasteiger partial charge in [0.2, 0.25) is 0 Å². The van der Waals surface area contributed by atoms with E-state index in [1.807, 2.05) is 0 Å². The van der Waals surface area contributed by atoms with Crippen LogP contribution in [0.3, 0.4) is 0 Å². The molecule has 168 valence electrons. The molecular formula is C29H41LiN2. The van der Waals surface area contributed by atoms with Crippen molar-refractivity contribution in [3.63, 3.8) is 0 Å². The summed E-state index contributed by atoms with van der Waals surface area (Å²) in [4.78, 5) is 5.08. The van der Waals surface area contributed by atoms with Gasteiger partial charge in [-0.1, -0.05) is 116 Å². The molecule has 0 aliphatic rings. The van der Waals surface area contributed by atoms with E-state index in [0.717, 1.165) is 22.8 Å². The zero-order valence-electron chi connectivity index (χ0n) is 22.2. The van der Waals surface area contributed by atoms with E-state index in [1.54, 1.807) is 0 Å². The second kappa shape index (κ2) is 12.5. The molecule has 0 N–H and O–H groups in total. The summed E-state index contributed by atoms with van der Waals surface area (Å²) in [6.45, 7) is 22.1. The fraction of sp³-hybridized carbons (Fsp3) is 0.483. The molecule has 0 aliphatic heterocycles. The van der Waals surface area contributed by atoms with Crippen molar-refractivity contribution in [2.24, 2.45) is 4.99 Å². The molecule has 0 aromatic heterocycles. The van der Waals surface area contributed by atoms with Crippen LogP contribution in [0.2, 0.25) is 0 Å². The van der Waals surface area contributed by atoms with E-state index >= 15 is 0 Å². The third kappa shape index (κ3) is 7.13. The fourth-order valence-corrected chi connectivity index (χ4v) is 4.00. The standard InChI is InChI=1S/C29H41N2.Li/c1-18(2)24-13-11-14-25(19(3)4)28(24)30-22(9)17-23(10)31-29-26(20(5)6)15-12-16-27(29)21(7)8;/h11-21H,1-10H3;/q-1;+1/b22-17-,31-23?;. The number of allylic oxidation sites excluding steroid dienone is 2. The van der Waals surface area contributed by atoms with Gasteiger partial charge >= 0.3 is 18.9 Å². The smallest absolute Gasteiger partial charge is 0.661 e. The molecule has 0 radical (unpaired) electrons. The van der Waals surface area contributed by atoms with Gasteiger partial charge in [0.25, 0.3) is 0 Å². The molecule has 0 heterocycles. The van der Waals surface area contributed by atoms with Gasteiger partial charge in [0.05, 0.1) is 5.69 Å². The van der Waals surface area contributed by atoms with E-state index in [1.165, 1.54) is 22.3 Å². The summed E-state index contributed by atoms with van der Waals surface area (Å²) < 4.78 is 0. The van der Waals surface area contributed by atoms with Gasteiger partial charge in [-0.3, -0.25) is 4.99 Å². The van der Waals surface area contributed by atoms with Crippen LogP contribution in [0.25, 0.3) is 5.32 Å². The summed E-state index contributed by atoms with van der Waals surface area (Å²) in [6.07, 6.45) is 2.11. The van der Waals surface area contributed by atoms with Crippen LogP contribution in [0.4, 0.5) is 11.4 Å². The first kappa shape index (κ1) is 28.3. The molecule has 2 nitrogen and oxygen atoms in total. The number of hydrogen-bond donors (Lipinski definition) is 0. The maximum Gasteiger partial charge on any atom is 1.00 e. The van der Waals surface area contributed by atoms with Gasteiger partial charge < -0.3 is 5.32 Å². The molecular weight excluding hydrogens is 383 g/mol. The van der Waals surface area contributed by atoms with Crippen LogP contribution in [0, 0.1) is 0 Å². The molecule has 0 aliphatic carbocycles. The van der Waals surface area contributed by atoms with E-state index in [-0.39, 0.29) is 18.9 Å². The van der Waals surface area contributed by atoms with E-state index < -0.39 is 0 Å². The summed E-state index contributed by atoms with van der Waals surface area (Å²) >= 11 is 0. The Hall–Kier alpha value is -1.75.